The first-order valence-electron chi connectivity index (χ1n) is 6.04. The fraction of sp³-hybridized carbons (Fsp3) is 0.200. The SMILES string of the molecule is CCc1ccc(Oc2cccc(Cl)c2N)c(OC)c1. The summed E-state index contributed by atoms with van der Waals surface area (Å²) in [5.74, 6) is 1.82. The van der Waals surface area contributed by atoms with Gasteiger partial charge in [-0.25, -0.2) is 0 Å². The molecule has 2 aromatic carbocycles. The number of rotatable bonds is 4. The molecule has 0 bridgehead atoms. The number of methoxy groups -OCH3 is 1. The van der Waals surface area contributed by atoms with Gasteiger partial charge >= 0.3 is 0 Å². The van der Waals surface area contributed by atoms with Crippen LogP contribution in [0.15, 0.2) is 36.4 Å². The topological polar surface area (TPSA) is 44.5 Å². The third-order valence-electron chi connectivity index (χ3n) is 2.87. The number of para-hydroxylation sites is 1. The Balaban J connectivity index is 2.35. The minimum Gasteiger partial charge on any atom is -0.493 e. The van der Waals surface area contributed by atoms with Crippen LogP contribution in [-0.4, -0.2) is 7.11 Å². The molecule has 0 spiro atoms. The maximum atomic E-state index is 5.97. The molecule has 0 amide bonds. The number of halogens is 1. The molecule has 0 saturated heterocycles. The van der Waals surface area contributed by atoms with Crippen LogP contribution in [0.5, 0.6) is 17.2 Å². The Labute approximate surface area is 117 Å². The molecule has 0 unspecified atom stereocenters. The second-order valence-corrected chi connectivity index (χ2v) is 4.50. The first-order valence-corrected chi connectivity index (χ1v) is 6.42. The molecule has 3 nitrogen and oxygen atoms in total. The summed E-state index contributed by atoms with van der Waals surface area (Å²) in [5.41, 5.74) is 7.49. The van der Waals surface area contributed by atoms with E-state index in [9.17, 15) is 0 Å². The smallest absolute Gasteiger partial charge is 0.169 e. The number of nitrogen functional groups attached to an aromatic ring is 1. The molecular weight excluding hydrogens is 262 g/mol. The fourth-order valence-corrected chi connectivity index (χ4v) is 1.91. The van der Waals surface area contributed by atoms with Gasteiger partial charge in [-0.2, -0.15) is 0 Å². The zero-order chi connectivity index (χ0) is 13.8. The van der Waals surface area contributed by atoms with Gasteiger partial charge in [0.25, 0.3) is 0 Å². The average Bonchev–Trinajstić information content (AvgIpc) is 2.44. The van der Waals surface area contributed by atoms with Crippen LogP contribution >= 0.6 is 11.6 Å². The predicted molar refractivity (Wildman–Crippen MR) is 78.3 cm³/mol. The lowest BCUT2D eigenvalue weighted by atomic mass is 10.1. The normalized spacial score (nSPS) is 10.3. The van der Waals surface area contributed by atoms with Crippen LogP contribution in [0.4, 0.5) is 5.69 Å². The summed E-state index contributed by atoms with van der Waals surface area (Å²) >= 11 is 5.97. The molecule has 2 rings (SSSR count). The first-order chi connectivity index (χ1) is 9.15. The predicted octanol–water partition coefficient (Wildman–Crippen LogP) is 4.29. The van der Waals surface area contributed by atoms with E-state index in [1.54, 1.807) is 25.3 Å². The summed E-state index contributed by atoms with van der Waals surface area (Å²) in [6, 6.07) is 11.1. The highest BCUT2D eigenvalue weighted by Crippen LogP contribution is 2.37. The van der Waals surface area contributed by atoms with Crippen LogP contribution in [0.3, 0.4) is 0 Å². The van der Waals surface area contributed by atoms with Crippen LogP contribution in [0.1, 0.15) is 12.5 Å². The maximum absolute atomic E-state index is 5.97. The second-order valence-electron chi connectivity index (χ2n) is 4.09. The molecule has 0 aliphatic rings. The maximum Gasteiger partial charge on any atom is 0.169 e. The molecule has 0 radical (unpaired) electrons. The number of hydrogen-bond donors (Lipinski definition) is 1. The summed E-state index contributed by atoms with van der Waals surface area (Å²) in [5, 5.41) is 0.474. The Morgan fingerprint density at radius 1 is 1.11 bits per heavy atom. The van der Waals surface area contributed by atoms with E-state index in [0.29, 0.717) is 28.0 Å². The number of nitrogens with two attached hydrogens (primary N) is 1. The van der Waals surface area contributed by atoms with Gasteiger partial charge in [-0.15, -0.1) is 0 Å². The van der Waals surface area contributed by atoms with Gasteiger partial charge < -0.3 is 15.2 Å². The van der Waals surface area contributed by atoms with Crippen molar-refractivity contribution in [2.75, 3.05) is 12.8 Å². The van der Waals surface area contributed by atoms with Gasteiger partial charge in [-0.3, -0.25) is 0 Å². The van der Waals surface area contributed by atoms with Gasteiger partial charge in [-0.05, 0) is 36.2 Å². The van der Waals surface area contributed by atoms with Gasteiger partial charge in [0.15, 0.2) is 17.2 Å². The summed E-state index contributed by atoms with van der Waals surface area (Å²) in [6.45, 7) is 2.09. The van der Waals surface area contributed by atoms with Gasteiger partial charge in [0.05, 0.1) is 17.8 Å². The summed E-state index contributed by atoms with van der Waals surface area (Å²) in [6.07, 6.45) is 0.940. The minimum atomic E-state index is 0.422. The number of anilines is 1. The summed E-state index contributed by atoms with van der Waals surface area (Å²) in [4.78, 5) is 0. The molecule has 100 valence electrons. The van der Waals surface area contributed by atoms with Crippen molar-refractivity contribution in [2.24, 2.45) is 0 Å². The lowest BCUT2D eigenvalue weighted by molar-refractivity contribution is 0.379. The monoisotopic (exact) mass is 277 g/mol. The van der Waals surface area contributed by atoms with Crippen LogP contribution < -0.4 is 15.2 Å². The third kappa shape index (κ3) is 2.93. The lowest BCUT2D eigenvalue weighted by Crippen LogP contribution is -1.95. The van der Waals surface area contributed by atoms with Crippen LogP contribution in [0, 0.1) is 0 Å². The molecule has 0 aliphatic heterocycles. The molecular formula is C15H16ClNO2. The fourth-order valence-electron chi connectivity index (χ4n) is 1.74. The van der Waals surface area contributed by atoms with Crippen molar-refractivity contribution < 1.29 is 9.47 Å². The number of aryl methyl sites for hydroxylation is 1. The third-order valence-corrected chi connectivity index (χ3v) is 3.20. The largest absolute Gasteiger partial charge is 0.493 e. The Morgan fingerprint density at radius 3 is 2.58 bits per heavy atom. The van der Waals surface area contributed by atoms with Crippen molar-refractivity contribution in [1.29, 1.82) is 0 Å². The lowest BCUT2D eigenvalue weighted by Gasteiger charge is -2.13. The Kier molecular flexibility index (Phi) is 4.17. The quantitative estimate of drug-likeness (QED) is 0.848. The van der Waals surface area contributed by atoms with Crippen LogP contribution in [-0.2, 0) is 6.42 Å². The molecule has 19 heavy (non-hydrogen) atoms. The minimum absolute atomic E-state index is 0.422. The van der Waals surface area contributed by atoms with Crippen LogP contribution in [0.2, 0.25) is 5.02 Å². The molecule has 0 saturated carbocycles. The van der Waals surface area contributed by atoms with Crippen molar-refractivity contribution in [1.82, 2.24) is 0 Å². The van der Waals surface area contributed by atoms with Gasteiger partial charge in [-0.1, -0.05) is 30.7 Å². The zero-order valence-corrected chi connectivity index (χ0v) is 11.7. The van der Waals surface area contributed by atoms with E-state index < -0.39 is 0 Å². The molecule has 2 aromatic rings. The van der Waals surface area contributed by atoms with Gasteiger partial charge in [0.1, 0.15) is 0 Å². The Hall–Kier alpha value is -1.87. The second kappa shape index (κ2) is 5.85. The molecule has 4 heteroatoms. The van der Waals surface area contributed by atoms with Crippen molar-refractivity contribution in [2.45, 2.75) is 13.3 Å². The molecule has 2 N–H and O–H groups in total. The zero-order valence-electron chi connectivity index (χ0n) is 10.9. The standard InChI is InChI=1S/C15H16ClNO2/c1-3-10-7-8-12(14(9-10)18-2)19-13-6-4-5-11(16)15(13)17/h4-9H,3,17H2,1-2H3. The molecule has 0 atom stereocenters. The number of hydrogen-bond acceptors (Lipinski definition) is 3. The van der Waals surface area contributed by atoms with Crippen molar-refractivity contribution >= 4 is 17.3 Å². The average molecular weight is 278 g/mol. The molecule has 0 fully saturated rings. The van der Waals surface area contributed by atoms with E-state index in [4.69, 9.17) is 26.8 Å². The van der Waals surface area contributed by atoms with Gasteiger partial charge in [0, 0.05) is 0 Å². The summed E-state index contributed by atoms with van der Waals surface area (Å²) < 4.78 is 11.1. The molecule has 0 aromatic heterocycles. The highest BCUT2D eigenvalue weighted by atomic mass is 35.5. The Morgan fingerprint density at radius 2 is 1.89 bits per heavy atom. The molecule has 0 heterocycles. The van der Waals surface area contributed by atoms with E-state index >= 15 is 0 Å². The van der Waals surface area contributed by atoms with E-state index in [2.05, 4.69) is 6.92 Å². The first kappa shape index (κ1) is 13.6. The van der Waals surface area contributed by atoms with E-state index in [-0.39, 0.29) is 0 Å². The number of ether oxygens (including phenoxy) is 2. The highest BCUT2D eigenvalue weighted by molar-refractivity contribution is 6.33. The summed E-state index contributed by atoms with van der Waals surface area (Å²) in [7, 11) is 1.61. The number of benzene rings is 2. The van der Waals surface area contributed by atoms with E-state index in [1.807, 2.05) is 18.2 Å². The van der Waals surface area contributed by atoms with Crippen molar-refractivity contribution in [3.63, 3.8) is 0 Å². The van der Waals surface area contributed by atoms with Gasteiger partial charge in [0.2, 0.25) is 0 Å². The van der Waals surface area contributed by atoms with Crippen molar-refractivity contribution in [3.8, 4) is 17.2 Å². The Bertz CT molecular complexity index is 584. The van der Waals surface area contributed by atoms with Crippen LogP contribution in [0.25, 0.3) is 0 Å². The van der Waals surface area contributed by atoms with Crippen molar-refractivity contribution in [3.05, 3.63) is 47.0 Å². The van der Waals surface area contributed by atoms with E-state index in [0.717, 1.165) is 6.42 Å². The highest BCUT2D eigenvalue weighted by Gasteiger charge is 2.10. The molecule has 0 aliphatic carbocycles. The van der Waals surface area contributed by atoms with E-state index in [1.165, 1.54) is 5.56 Å².